The van der Waals surface area contributed by atoms with Gasteiger partial charge in [0, 0.05) is 24.1 Å². The van der Waals surface area contributed by atoms with Crippen LogP contribution in [0.2, 0.25) is 0 Å². The Morgan fingerprint density at radius 3 is 2.47 bits per heavy atom. The first-order valence-electron chi connectivity index (χ1n) is 6.98. The molecule has 1 rings (SSSR count). The molecule has 3 nitrogen and oxygen atoms in total. The minimum atomic E-state index is 0.202. The predicted octanol–water partition coefficient (Wildman–Crippen LogP) is 2.19. The third-order valence-electron chi connectivity index (χ3n) is 4.53. The van der Waals surface area contributed by atoms with E-state index in [9.17, 15) is 5.11 Å². The lowest BCUT2D eigenvalue weighted by molar-refractivity contribution is -0.130. The van der Waals surface area contributed by atoms with Crippen LogP contribution in [0.25, 0.3) is 0 Å². The second kappa shape index (κ2) is 6.17. The monoisotopic (exact) mass is 243 g/mol. The summed E-state index contributed by atoms with van der Waals surface area (Å²) in [5.41, 5.74) is 0.221. The maximum atomic E-state index is 9.38. The van der Waals surface area contributed by atoms with E-state index >= 15 is 0 Å². The van der Waals surface area contributed by atoms with Crippen molar-refractivity contribution >= 4 is 0 Å². The van der Waals surface area contributed by atoms with Gasteiger partial charge in [-0.3, -0.25) is 0 Å². The normalized spacial score (nSPS) is 34.8. The molecule has 1 aliphatic rings. The Bertz CT molecular complexity index is 232. The summed E-state index contributed by atoms with van der Waals surface area (Å²) < 4.78 is 5.79. The minimum Gasteiger partial charge on any atom is -0.395 e. The fraction of sp³-hybridized carbons (Fsp3) is 1.00. The average molecular weight is 243 g/mol. The van der Waals surface area contributed by atoms with Gasteiger partial charge in [0.2, 0.25) is 0 Å². The van der Waals surface area contributed by atoms with Gasteiger partial charge in [0.25, 0.3) is 0 Å². The standard InChI is InChI=1S/C14H29NO2/c1-6-14(5)12(8-13(14)17-7-2)15-11(9-16)10(3)4/h10-13,15-16H,6-9H2,1-5H3. The Balaban J connectivity index is 2.56. The quantitative estimate of drug-likeness (QED) is 0.720. The summed E-state index contributed by atoms with van der Waals surface area (Å²) in [6, 6.07) is 0.678. The van der Waals surface area contributed by atoms with Gasteiger partial charge in [0.05, 0.1) is 12.7 Å². The molecule has 1 aliphatic carbocycles. The van der Waals surface area contributed by atoms with E-state index in [1.807, 2.05) is 0 Å². The topological polar surface area (TPSA) is 41.5 Å². The van der Waals surface area contributed by atoms with E-state index in [4.69, 9.17) is 4.74 Å². The summed E-state index contributed by atoms with van der Waals surface area (Å²) in [7, 11) is 0. The third-order valence-corrected chi connectivity index (χ3v) is 4.53. The second-order valence-corrected chi connectivity index (χ2v) is 5.79. The largest absolute Gasteiger partial charge is 0.395 e. The van der Waals surface area contributed by atoms with Crippen molar-refractivity contribution < 1.29 is 9.84 Å². The van der Waals surface area contributed by atoms with E-state index in [1.165, 1.54) is 0 Å². The first-order valence-corrected chi connectivity index (χ1v) is 6.98. The molecule has 0 aromatic carbocycles. The lowest BCUT2D eigenvalue weighted by Gasteiger charge is -2.55. The lowest BCUT2D eigenvalue weighted by atomic mass is 9.61. The molecule has 0 heterocycles. The van der Waals surface area contributed by atoms with Crippen molar-refractivity contribution in [1.82, 2.24) is 5.32 Å². The van der Waals surface area contributed by atoms with Gasteiger partial charge >= 0.3 is 0 Å². The maximum Gasteiger partial charge on any atom is 0.0658 e. The molecular weight excluding hydrogens is 214 g/mol. The summed E-state index contributed by atoms with van der Waals surface area (Å²) in [6.45, 7) is 11.9. The molecular formula is C14H29NO2. The molecule has 4 atom stereocenters. The van der Waals surface area contributed by atoms with Gasteiger partial charge in [0.15, 0.2) is 0 Å². The van der Waals surface area contributed by atoms with Crippen molar-refractivity contribution in [1.29, 1.82) is 0 Å². The smallest absolute Gasteiger partial charge is 0.0658 e. The maximum absolute atomic E-state index is 9.38. The van der Waals surface area contributed by atoms with Crippen molar-refractivity contribution in [2.45, 2.75) is 65.6 Å². The Morgan fingerprint density at radius 2 is 2.06 bits per heavy atom. The molecule has 0 aliphatic heterocycles. The van der Waals surface area contributed by atoms with Gasteiger partial charge in [0.1, 0.15) is 0 Å². The van der Waals surface area contributed by atoms with Crippen LogP contribution in [0, 0.1) is 11.3 Å². The molecule has 4 unspecified atom stereocenters. The summed E-state index contributed by atoms with van der Waals surface area (Å²) in [4.78, 5) is 0. The number of hydrogen-bond donors (Lipinski definition) is 2. The Morgan fingerprint density at radius 1 is 1.41 bits per heavy atom. The molecule has 0 bridgehead atoms. The van der Waals surface area contributed by atoms with Crippen molar-refractivity contribution in [2.24, 2.45) is 11.3 Å². The number of aliphatic hydroxyl groups excluding tert-OH is 1. The number of ether oxygens (including phenoxy) is 1. The average Bonchev–Trinajstić information content (AvgIpc) is 2.31. The molecule has 17 heavy (non-hydrogen) atoms. The fourth-order valence-corrected chi connectivity index (χ4v) is 2.72. The molecule has 0 aromatic heterocycles. The van der Waals surface area contributed by atoms with Crippen molar-refractivity contribution in [3.63, 3.8) is 0 Å². The predicted molar refractivity (Wildman–Crippen MR) is 71.1 cm³/mol. The van der Waals surface area contributed by atoms with Crippen LogP contribution >= 0.6 is 0 Å². The highest BCUT2D eigenvalue weighted by Gasteiger charge is 2.51. The van der Waals surface area contributed by atoms with Crippen molar-refractivity contribution in [3.05, 3.63) is 0 Å². The van der Waals surface area contributed by atoms with Crippen LogP contribution in [0.15, 0.2) is 0 Å². The van der Waals surface area contributed by atoms with Crippen molar-refractivity contribution in [3.8, 4) is 0 Å². The van der Waals surface area contributed by atoms with E-state index in [-0.39, 0.29) is 18.1 Å². The second-order valence-electron chi connectivity index (χ2n) is 5.79. The first kappa shape index (κ1) is 14.9. The summed E-state index contributed by atoms with van der Waals surface area (Å²) >= 11 is 0. The van der Waals surface area contributed by atoms with Gasteiger partial charge in [-0.2, -0.15) is 0 Å². The van der Waals surface area contributed by atoms with Crippen LogP contribution in [0.5, 0.6) is 0 Å². The highest BCUT2D eigenvalue weighted by molar-refractivity contribution is 5.05. The molecule has 0 radical (unpaired) electrons. The summed E-state index contributed by atoms with van der Waals surface area (Å²) in [6.07, 6.45) is 2.56. The van der Waals surface area contributed by atoms with Gasteiger partial charge in [-0.05, 0) is 25.7 Å². The van der Waals surface area contributed by atoms with Gasteiger partial charge in [-0.25, -0.2) is 0 Å². The minimum absolute atomic E-state index is 0.202. The van der Waals surface area contributed by atoms with Crippen LogP contribution in [0.1, 0.15) is 47.5 Å². The molecule has 0 aromatic rings. The zero-order valence-electron chi connectivity index (χ0n) is 12.0. The summed E-state index contributed by atoms with van der Waals surface area (Å²) in [5, 5.41) is 13.0. The van der Waals surface area contributed by atoms with E-state index in [0.29, 0.717) is 18.1 Å². The molecule has 1 fully saturated rings. The van der Waals surface area contributed by atoms with E-state index in [1.54, 1.807) is 0 Å². The third kappa shape index (κ3) is 3.01. The summed E-state index contributed by atoms with van der Waals surface area (Å²) in [5.74, 6) is 0.465. The Labute approximate surface area is 106 Å². The first-order chi connectivity index (χ1) is 7.99. The van der Waals surface area contributed by atoms with E-state index < -0.39 is 0 Å². The van der Waals surface area contributed by atoms with Gasteiger partial charge in [-0.15, -0.1) is 0 Å². The number of aliphatic hydroxyl groups is 1. The molecule has 1 saturated carbocycles. The van der Waals surface area contributed by atoms with E-state index in [0.717, 1.165) is 19.4 Å². The number of hydrogen-bond acceptors (Lipinski definition) is 3. The molecule has 2 N–H and O–H groups in total. The highest BCUT2D eigenvalue weighted by Crippen LogP contribution is 2.46. The number of rotatable bonds is 7. The fourth-order valence-electron chi connectivity index (χ4n) is 2.72. The number of nitrogens with one attached hydrogen (secondary N) is 1. The molecule has 0 amide bonds. The van der Waals surface area contributed by atoms with Crippen LogP contribution in [-0.2, 0) is 4.74 Å². The van der Waals surface area contributed by atoms with Gasteiger partial charge < -0.3 is 15.2 Å². The SMILES string of the molecule is CCOC1CC(NC(CO)C(C)C)C1(C)CC. The van der Waals surface area contributed by atoms with Gasteiger partial charge in [-0.1, -0.05) is 27.7 Å². The molecule has 102 valence electrons. The highest BCUT2D eigenvalue weighted by atomic mass is 16.5. The lowest BCUT2D eigenvalue weighted by Crippen LogP contribution is -2.64. The Kier molecular flexibility index (Phi) is 5.42. The van der Waals surface area contributed by atoms with Crippen LogP contribution in [0.4, 0.5) is 0 Å². The van der Waals surface area contributed by atoms with Crippen LogP contribution in [-0.4, -0.2) is 36.5 Å². The van der Waals surface area contributed by atoms with Crippen molar-refractivity contribution in [2.75, 3.05) is 13.2 Å². The van der Waals surface area contributed by atoms with Crippen LogP contribution in [0.3, 0.4) is 0 Å². The molecule has 3 heteroatoms. The molecule has 0 spiro atoms. The van der Waals surface area contributed by atoms with Crippen LogP contribution < -0.4 is 5.32 Å². The Hall–Kier alpha value is -0.120. The zero-order chi connectivity index (χ0) is 13.1. The molecule has 0 saturated heterocycles. The zero-order valence-corrected chi connectivity index (χ0v) is 12.0. The van der Waals surface area contributed by atoms with E-state index in [2.05, 4.69) is 39.9 Å².